The second kappa shape index (κ2) is 9.37. The molecule has 0 aliphatic carbocycles. The van der Waals surface area contributed by atoms with Gasteiger partial charge in [-0.25, -0.2) is 4.99 Å². The monoisotopic (exact) mass is 277 g/mol. The molecule has 1 aromatic rings. The van der Waals surface area contributed by atoms with E-state index in [0.29, 0.717) is 6.54 Å². The molecule has 1 rings (SSSR count). The standard InChI is InChI=1S/C16H27N3O/c1-4-6-11-19(3)16(17-5-2)18-12-14-9-7-8-10-15(14)13-20/h7-10,20H,4-6,11-13H2,1-3H3,(H,17,18). The normalized spacial score (nSPS) is 11.5. The predicted molar refractivity (Wildman–Crippen MR) is 84.7 cm³/mol. The van der Waals surface area contributed by atoms with Crippen molar-refractivity contribution in [1.82, 2.24) is 10.2 Å². The molecule has 4 nitrogen and oxygen atoms in total. The lowest BCUT2D eigenvalue weighted by Crippen LogP contribution is -2.39. The Labute approximate surface area is 122 Å². The maximum absolute atomic E-state index is 9.34. The smallest absolute Gasteiger partial charge is 0.193 e. The van der Waals surface area contributed by atoms with Crippen molar-refractivity contribution in [2.45, 2.75) is 39.8 Å². The van der Waals surface area contributed by atoms with Crippen LogP contribution in [-0.4, -0.2) is 36.1 Å². The summed E-state index contributed by atoms with van der Waals surface area (Å²) in [5.41, 5.74) is 2.03. The molecule has 0 aliphatic heterocycles. The Kier molecular flexibility index (Phi) is 7.73. The number of rotatable bonds is 7. The molecule has 0 bridgehead atoms. The SMILES string of the molecule is CCCCN(C)C(=NCc1ccccc1CO)NCC. The minimum Gasteiger partial charge on any atom is -0.392 e. The highest BCUT2D eigenvalue weighted by molar-refractivity contribution is 5.79. The number of hydrogen-bond acceptors (Lipinski definition) is 2. The molecule has 1 aromatic carbocycles. The number of aliphatic imine (C=N–C) groups is 1. The highest BCUT2D eigenvalue weighted by atomic mass is 16.3. The molecule has 0 radical (unpaired) electrons. The highest BCUT2D eigenvalue weighted by Crippen LogP contribution is 2.10. The Balaban J connectivity index is 2.75. The first-order chi connectivity index (χ1) is 9.72. The molecule has 0 saturated carbocycles. The molecule has 2 N–H and O–H groups in total. The summed E-state index contributed by atoms with van der Waals surface area (Å²) in [6, 6.07) is 7.89. The van der Waals surface area contributed by atoms with Crippen LogP contribution in [0.4, 0.5) is 0 Å². The third-order valence-electron chi connectivity index (χ3n) is 3.23. The summed E-state index contributed by atoms with van der Waals surface area (Å²) in [4.78, 5) is 6.83. The van der Waals surface area contributed by atoms with E-state index in [2.05, 4.69) is 36.1 Å². The van der Waals surface area contributed by atoms with E-state index in [1.54, 1.807) is 0 Å². The molecular weight excluding hydrogens is 250 g/mol. The molecule has 0 aliphatic rings. The van der Waals surface area contributed by atoms with Crippen LogP contribution in [0.2, 0.25) is 0 Å². The zero-order valence-corrected chi connectivity index (χ0v) is 12.9. The summed E-state index contributed by atoms with van der Waals surface area (Å²) < 4.78 is 0. The second-order valence-electron chi connectivity index (χ2n) is 4.87. The van der Waals surface area contributed by atoms with Gasteiger partial charge in [0.15, 0.2) is 5.96 Å². The third-order valence-corrected chi connectivity index (χ3v) is 3.23. The molecule has 0 amide bonds. The molecular formula is C16H27N3O. The maximum Gasteiger partial charge on any atom is 0.193 e. The van der Waals surface area contributed by atoms with Crippen molar-refractivity contribution in [2.75, 3.05) is 20.1 Å². The van der Waals surface area contributed by atoms with E-state index in [1.807, 2.05) is 24.3 Å². The minimum absolute atomic E-state index is 0.0634. The van der Waals surface area contributed by atoms with E-state index < -0.39 is 0 Å². The highest BCUT2D eigenvalue weighted by Gasteiger charge is 2.05. The Morgan fingerprint density at radius 3 is 2.55 bits per heavy atom. The van der Waals surface area contributed by atoms with Crippen LogP contribution in [0.1, 0.15) is 37.8 Å². The van der Waals surface area contributed by atoms with Gasteiger partial charge in [-0.05, 0) is 24.5 Å². The van der Waals surface area contributed by atoms with Crippen molar-refractivity contribution in [3.05, 3.63) is 35.4 Å². The van der Waals surface area contributed by atoms with Crippen LogP contribution in [0, 0.1) is 0 Å². The lowest BCUT2D eigenvalue weighted by Gasteiger charge is -2.22. The average molecular weight is 277 g/mol. The van der Waals surface area contributed by atoms with Crippen LogP contribution in [0.3, 0.4) is 0 Å². The largest absolute Gasteiger partial charge is 0.392 e. The van der Waals surface area contributed by atoms with Crippen LogP contribution in [-0.2, 0) is 13.2 Å². The van der Waals surface area contributed by atoms with Gasteiger partial charge in [-0.3, -0.25) is 0 Å². The van der Waals surface area contributed by atoms with E-state index >= 15 is 0 Å². The fourth-order valence-corrected chi connectivity index (χ4v) is 2.00. The summed E-state index contributed by atoms with van der Waals surface area (Å²) in [6.07, 6.45) is 2.34. The van der Waals surface area contributed by atoms with Gasteiger partial charge in [0.25, 0.3) is 0 Å². The van der Waals surface area contributed by atoms with Gasteiger partial charge < -0.3 is 15.3 Å². The lowest BCUT2D eigenvalue weighted by atomic mass is 10.1. The van der Waals surface area contributed by atoms with Gasteiger partial charge >= 0.3 is 0 Å². The third kappa shape index (κ3) is 5.21. The fraction of sp³-hybridized carbons (Fsp3) is 0.562. The van der Waals surface area contributed by atoms with Crippen LogP contribution in [0.5, 0.6) is 0 Å². The van der Waals surface area contributed by atoms with Crippen LogP contribution in [0.25, 0.3) is 0 Å². The number of unbranched alkanes of at least 4 members (excludes halogenated alkanes) is 1. The molecule has 0 spiro atoms. The summed E-state index contributed by atoms with van der Waals surface area (Å²) in [5.74, 6) is 0.925. The first-order valence-electron chi connectivity index (χ1n) is 7.40. The van der Waals surface area contributed by atoms with E-state index in [9.17, 15) is 5.11 Å². The molecule has 112 valence electrons. The Bertz CT molecular complexity index is 418. The molecule has 20 heavy (non-hydrogen) atoms. The van der Waals surface area contributed by atoms with Gasteiger partial charge in [0, 0.05) is 20.1 Å². The van der Waals surface area contributed by atoms with Gasteiger partial charge in [-0.1, -0.05) is 37.6 Å². The van der Waals surface area contributed by atoms with Crippen molar-refractivity contribution in [3.63, 3.8) is 0 Å². The summed E-state index contributed by atoms with van der Waals surface area (Å²) in [7, 11) is 2.06. The molecule has 4 heteroatoms. The van der Waals surface area contributed by atoms with Crippen molar-refractivity contribution < 1.29 is 5.11 Å². The van der Waals surface area contributed by atoms with E-state index in [1.165, 1.54) is 6.42 Å². The first-order valence-corrected chi connectivity index (χ1v) is 7.40. The van der Waals surface area contributed by atoms with E-state index in [-0.39, 0.29) is 6.61 Å². The number of aliphatic hydroxyl groups is 1. The molecule has 0 fully saturated rings. The van der Waals surface area contributed by atoms with Crippen LogP contribution >= 0.6 is 0 Å². The quantitative estimate of drug-likeness (QED) is 0.594. The number of guanidine groups is 1. The van der Waals surface area contributed by atoms with Gasteiger partial charge in [0.2, 0.25) is 0 Å². The Morgan fingerprint density at radius 2 is 1.95 bits per heavy atom. The number of aliphatic hydroxyl groups excluding tert-OH is 1. The molecule has 0 unspecified atom stereocenters. The summed E-state index contributed by atoms with van der Waals surface area (Å²) in [6.45, 7) is 6.78. The van der Waals surface area contributed by atoms with E-state index in [4.69, 9.17) is 0 Å². The van der Waals surface area contributed by atoms with E-state index in [0.717, 1.165) is 36.6 Å². The van der Waals surface area contributed by atoms with Crippen molar-refractivity contribution in [3.8, 4) is 0 Å². The van der Waals surface area contributed by atoms with Gasteiger partial charge in [0.1, 0.15) is 0 Å². The van der Waals surface area contributed by atoms with Crippen LogP contribution < -0.4 is 5.32 Å². The van der Waals surface area contributed by atoms with Crippen molar-refractivity contribution in [2.24, 2.45) is 4.99 Å². The van der Waals surface area contributed by atoms with Crippen molar-refractivity contribution in [1.29, 1.82) is 0 Å². The lowest BCUT2D eigenvalue weighted by molar-refractivity contribution is 0.280. The summed E-state index contributed by atoms with van der Waals surface area (Å²) in [5, 5.41) is 12.7. The topological polar surface area (TPSA) is 47.9 Å². The number of nitrogens with one attached hydrogen (secondary N) is 1. The fourth-order valence-electron chi connectivity index (χ4n) is 2.00. The zero-order chi connectivity index (χ0) is 14.8. The molecule has 0 heterocycles. The molecule has 0 atom stereocenters. The first kappa shape index (κ1) is 16.5. The average Bonchev–Trinajstić information content (AvgIpc) is 2.49. The minimum atomic E-state index is 0.0634. The van der Waals surface area contributed by atoms with Gasteiger partial charge in [0.05, 0.1) is 13.2 Å². The van der Waals surface area contributed by atoms with Gasteiger partial charge in [-0.15, -0.1) is 0 Å². The number of hydrogen-bond donors (Lipinski definition) is 2. The Morgan fingerprint density at radius 1 is 1.25 bits per heavy atom. The predicted octanol–water partition coefficient (Wildman–Crippen LogP) is 2.38. The van der Waals surface area contributed by atoms with Crippen LogP contribution in [0.15, 0.2) is 29.3 Å². The zero-order valence-electron chi connectivity index (χ0n) is 12.9. The molecule has 0 aromatic heterocycles. The summed E-state index contributed by atoms with van der Waals surface area (Å²) >= 11 is 0. The number of benzene rings is 1. The Hall–Kier alpha value is -1.55. The van der Waals surface area contributed by atoms with Gasteiger partial charge in [-0.2, -0.15) is 0 Å². The maximum atomic E-state index is 9.34. The van der Waals surface area contributed by atoms with Crippen molar-refractivity contribution >= 4 is 5.96 Å². The molecule has 0 saturated heterocycles. The number of nitrogens with zero attached hydrogens (tertiary/aromatic N) is 2. The second-order valence-corrected chi connectivity index (χ2v) is 4.87.